The van der Waals surface area contributed by atoms with Crippen LogP contribution in [0.5, 0.6) is 0 Å². The van der Waals surface area contributed by atoms with Crippen molar-refractivity contribution >= 4 is 5.69 Å². The Morgan fingerprint density at radius 2 is 1.85 bits per heavy atom. The number of piperidine rings is 1. The van der Waals surface area contributed by atoms with E-state index in [1.807, 2.05) is 20.0 Å². The van der Waals surface area contributed by atoms with Gasteiger partial charge in [-0.05, 0) is 62.4 Å². The molecule has 0 aliphatic carbocycles. The maximum atomic E-state index is 13.9. The van der Waals surface area contributed by atoms with Crippen LogP contribution in [0.3, 0.4) is 0 Å². The third-order valence-corrected chi connectivity index (χ3v) is 4.42. The van der Waals surface area contributed by atoms with Gasteiger partial charge in [0.2, 0.25) is 0 Å². The van der Waals surface area contributed by atoms with Gasteiger partial charge in [0.05, 0.1) is 0 Å². The van der Waals surface area contributed by atoms with Crippen molar-refractivity contribution in [2.24, 2.45) is 11.8 Å². The maximum absolute atomic E-state index is 13.9. The largest absolute Gasteiger partial charge is 0.371 e. The summed E-state index contributed by atoms with van der Waals surface area (Å²) in [4.78, 5) is 2.44. The Kier molecular flexibility index (Phi) is 4.69. The molecule has 1 N–H and O–H groups in total. The summed E-state index contributed by atoms with van der Waals surface area (Å²) in [6, 6.07) is 3.88. The summed E-state index contributed by atoms with van der Waals surface area (Å²) in [6.45, 7) is 10.7. The van der Waals surface area contributed by atoms with Crippen LogP contribution in [0.2, 0.25) is 0 Å². The smallest absolute Gasteiger partial charge is 0.126 e. The lowest BCUT2D eigenvalue weighted by Crippen LogP contribution is -2.39. The number of aryl methyl sites for hydroxylation is 1. The molecule has 0 amide bonds. The fourth-order valence-electron chi connectivity index (χ4n) is 3.32. The van der Waals surface area contributed by atoms with Crippen LogP contribution < -0.4 is 10.2 Å². The third kappa shape index (κ3) is 3.14. The Bertz CT molecular complexity index is 462. The summed E-state index contributed by atoms with van der Waals surface area (Å²) in [5.74, 6) is 1.28. The average Bonchev–Trinajstić information content (AvgIpc) is 2.39. The Balaban J connectivity index is 2.40. The standard InChI is InChI=1S/C17H27FN2/c1-11-6-12(2)10-20(9-11)17-7-13(3)16(18)8-15(17)14(4)19-5/h7-8,11-12,14,19H,6,9-10H2,1-5H3. The van der Waals surface area contributed by atoms with Gasteiger partial charge >= 0.3 is 0 Å². The van der Waals surface area contributed by atoms with Gasteiger partial charge in [-0.15, -0.1) is 0 Å². The number of hydrogen-bond acceptors (Lipinski definition) is 2. The van der Waals surface area contributed by atoms with Crippen molar-refractivity contribution in [3.05, 3.63) is 29.1 Å². The maximum Gasteiger partial charge on any atom is 0.126 e. The third-order valence-electron chi connectivity index (χ3n) is 4.42. The van der Waals surface area contributed by atoms with E-state index in [-0.39, 0.29) is 11.9 Å². The minimum atomic E-state index is -0.107. The molecule has 2 rings (SSSR count). The summed E-state index contributed by atoms with van der Waals surface area (Å²) in [5, 5.41) is 3.24. The fourth-order valence-corrected chi connectivity index (χ4v) is 3.32. The molecular weight excluding hydrogens is 251 g/mol. The molecule has 1 aromatic rings. The van der Waals surface area contributed by atoms with Gasteiger partial charge in [0.1, 0.15) is 5.82 Å². The normalized spacial score (nSPS) is 24.8. The number of nitrogens with zero attached hydrogens (tertiary/aromatic N) is 1. The van der Waals surface area contributed by atoms with Gasteiger partial charge in [0.25, 0.3) is 0 Å². The van der Waals surface area contributed by atoms with Crippen LogP contribution >= 0.6 is 0 Å². The van der Waals surface area contributed by atoms with Crippen LogP contribution in [-0.4, -0.2) is 20.1 Å². The van der Waals surface area contributed by atoms with Crippen molar-refractivity contribution in [1.29, 1.82) is 0 Å². The quantitative estimate of drug-likeness (QED) is 0.902. The predicted molar refractivity (Wildman–Crippen MR) is 83.8 cm³/mol. The summed E-state index contributed by atoms with van der Waals surface area (Å²) in [7, 11) is 1.92. The number of benzene rings is 1. The van der Waals surface area contributed by atoms with Crippen LogP contribution in [0.4, 0.5) is 10.1 Å². The number of rotatable bonds is 3. The topological polar surface area (TPSA) is 15.3 Å². The van der Waals surface area contributed by atoms with Crippen molar-refractivity contribution in [2.45, 2.75) is 40.2 Å². The first-order valence-corrected chi connectivity index (χ1v) is 7.64. The van der Waals surface area contributed by atoms with Crippen molar-refractivity contribution in [2.75, 3.05) is 25.0 Å². The van der Waals surface area contributed by atoms with Crippen LogP contribution in [0.1, 0.15) is 44.4 Å². The minimum Gasteiger partial charge on any atom is -0.371 e. The van der Waals surface area contributed by atoms with Gasteiger partial charge in [0.15, 0.2) is 0 Å². The van der Waals surface area contributed by atoms with E-state index in [1.54, 1.807) is 6.07 Å². The highest BCUT2D eigenvalue weighted by Crippen LogP contribution is 2.33. The second-order valence-electron chi connectivity index (χ2n) is 6.52. The van der Waals surface area contributed by atoms with Gasteiger partial charge in [0, 0.05) is 24.8 Å². The molecule has 0 aromatic heterocycles. The molecule has 1 aliphatic heterocycles. The van der Waals surface area contributed by atoms with E-state index < -0.39 is 0 Å². The Morgan fingerprint density at radius 1 is 1.25 bits per heavy atom. The van der Waals surface area contributed by atoms with Gasteiger partial charge in [-0.3, -0.25) is 0 Å². The molecule has 0 bridgehead atoms. The Hall–Kier alpha value is -1.09. The lowest BCUT2D eigenvalue weighted by Gasteiger charge is -2.38. The van der Waals surface area contributed by atoms with E-state index in [0.717, 1.165) is 24.2 Å². The van der Waals surface area contributed by atoms with Crippen molar-refractivity contribution < 1.29 is 4.39 Å². The molecule has 112 valence electrons. The molecule has 1 fully saturated rings. The minimum absolute atomic E-state index is 0.107. The van der Waals surface area contributed by atoms with Gasteiger partial charge in [-0.1, -0.05) is 13.8 Å². The highest BCUT2D eigenvalue weighted by Gasteiger charge is 2.25. The number of nitrogens with one attached hydrogen (secondary N) is 1. The van der Waals surface area contributed by atoms with E-state index >= 15 is 0 Å². The molecule has 0 saturated carbocycles. The molecular formula is C17H27FN2. The highest BCUT2D eigenvalue weighted by molar-refractivity contribution is 5.57. The summed E-state index contributed by atoms with van der Waals surface area (Å²) >= 11 is 0. The molecule has 3 heteroatoms. The van der Waals surface area contributed by atoms with Gasteiger partial charge < -0.3 is 10.2 Å². The van der Waals surface area contributed by atoms with E-state index in [2.05, 4.69) is 31.0 Å². The molecule has 0 radical (unpaired) electrons. The lowest BCUT2D eigenvalue weighted by atomic mass is 9.90. The Labute approximate surface area is 122 Å². The second kappa shape index (κ2) is 6.13. The second-order valence-corrected chi connectivity index (χ2v) is 6.52. The zero-order valence-electron chi connectivity index (χ0n) is 13.3. The predicted octanol–water partition coefficient (Wildman–Crippen LogP) is 3.90. The molecule has 0 spiro atoms. The SMILES string of the molecule is CNC(C)c1cc(F)c(C)cc1N1CC(C)CC(C)C1. The van der Waals surface area contributed by atoms with E-state index in [1.165, 1.54) is 12.1 Å². The van der Waals surface area contributed by atoms with E-state index in [9.17, 15) is 4.39 Å². The molecule has 3 unspecified atom stereocenters. The molecule has 1 aliphatic rings. The van der Waals surface area contributed by atoms with Crippen LogP contribution in [0, 0.1) is 24.6 Å². The summed E-state index contributed by atoms with van der Waals surface area (Å²) in [5.41, 5.74) is 3.00. The van der Waals surface area contributed by atoms with Crippen LogP contribution in [-0.2, 0) is 0 Å². The number of hydrogen-bond donors (Lipinski definition) is 1. The molecule has 2 nitrogen and oxygen atoms in total. The number of halogens is 1. The first-order chi connectivity index (χ1) is 9.42. The molecule has 1 heterocycles. The Morgan fingerprint density at radius 3 is 2.40 bits per heavy atom. The number of anilines is 1. The fraction of sp³-hybridized carbons (Fsp3) is 0.647. The first kappa shape index (κ1) is 15.3. The zero-order chi connectivity index (χ0) is 14.9. The highest BCUT2D eigenvalue weighted by atomic mass is 19.1. The summed E-state index contributed by atoms with van der Waals surface area (Å²) in [6.07, 6.45) is 1.29. The zero-order valence-corrected chi connectivity index (χ0v) is 13.3. The molecule has 3 atom stereocenters. The lowest BCUT2D eigenvalue weighted by molar-refractivity contribution is 0.356. The van der Waals surface area contributed by atoms with Gasteiger partial charge in [-0.2, -0.15) is 0 Å². The summed E-state index contributed by atoms with van der Waals surface area (Å²) < 4.78 is 13.9. The van der Waals surface area contributed by atoms with Gasteiger partial charge in [-0.25, -0.2) is 4.39 Å². The van der Waals surface area contributed by atoms with E-state index in [4.69, 9.17) is 0 Å². The molecule has 1 saturated heterocycles. The van der Waals surface area contributed by atoms with Crippen molar-refractivity contribution in [3.8, 4) is 0 Å². The van der Waals surface area contributed by atoms with E-state index in [0.29, 0.717) is 11.8 Å². The van der Waals surface area contributed by atoms with Crippen molar-refractivity contribution in [3.63, 3.8) is 0 Å². The van der Waals surface area contributed by atoms with Crippen molar-refractivity contribution in [1.82, 2.24) is 5.32 Å². The van der Waals surface area contributed by atoms with Crippen LogP contribution in [0.15, 0.2) is 12.1 Å². The van der Waals surface area contributed by atoms with Crippen LogP contribution in [0.25, 0.3) is 0 Å². The average molecular weight is 278 g/mol. The molecule has 20 heavy (non-hydrogen) atoms. The first-order valence-electron chi connectivity index (χ1n) is 7.64. The monoisotopic (exact) mass is 278 g/mol. The molecule has 1 aromatic carbocycles.